The monoisotopic (exact) mass is 480 g/mol. The number of carbonyl (C=O) groups excluding carboxylic acids is 2. The first kappa shape index (κ1) is 24.2. The molecule has 33 heavy (non-hydrogen) atoms. The van der Waals surface area contributed by atoms with Gasteiger partial charge >= 0.3 is 6.18 Å². The van der Waals surface area contributed by atoms with E-state index in [0.717, 1.165) is 57.3 Å². The molecular formula is C25H31F3N2O2S. The first-order chi connectivity index (χ1) is 15.6. The summed E-state index contributed by atoms with van der Waals surface area (Å²) in [4.78, 5) is 30.8. The third-order valence-electron chi connectivity index (χ3n) is 6.88. The van der Waals surface area contributed by atoms with Crippen molar-refractivity contribution in [2.45, 2.75) is 63.4 Å². The Morgan fingerprint density at radius 3 is 2.36 bits per heavy atom. The summed E-state index contributed by atoms with van der Waals surface area (Å²) in [6.07, 6.45) is 2.35. The number of nitrogens with zero attached hydrogens (tertiary/aromatic N) is 2. The van der Waals surface area contributed by atoms with Gasteiger partial charge in [0.25, 0.3) is 5.91 Å². The van der Waals surface area contributed by atoms with Crippen molar-refractivity contribution in [3.63, 3.8) is 0 Å². The molecule has 2 aliphatic heterocycles. The van der Waals surface area contributed by atoms with E-state index in [1.165, 1.54) is 23.9 Å². The predicted molar refractivity (Wildman–Crippen MR) is 124 cm³/mol. The van der Waals surface area contributed by atoms with Crippen LogP contribution in [0.1, 0.15) is 57.1 Å². The fourth-order valence-corrected chi connectivity index (χ4v) is 6.87. The zero-order valence-electron chi connectivity index (χ0n) is 19.1. The fourth-order valence-electron chi connectivity index (χ4n) is 5.39. The Labute approximate surface area is 197 Å². The molecule has 4 rings (SSSR count). The second-order valence-corrected chi connectivity index (χ2v) is 11.1. The molecule has 180 valence electrons. The summed E-state index contributed by atoms with van der Waals surface area (Å²) in [5.74, 6) is 0.701. The van der Waals surface area contributed by atoms with Gasteiger partial charge in [0, 0.05) is 24.4 Å². The molecule has 3 aliphatic rings. The van der Waals surface area contributed by atoms with Gasteiger partial charge in [-0.2, -0.15) is 13.2 Å². The summed E-state index contributed by atoms with van der Waals surface area (Å²) in [6.45, 7) is 5.83. The van der Waals surface area contributed by atoms with E-state index in [1.807, 2.05) is 4.90 Å². The van der Waals surface area contributed by atoms with Crippen molar-refractivity contribution in [2.75, 3.05) is 19.6 Å². The highest BCUT2D eigenvalue weighted by Crippen LogP contribution is 2.42. The zero-order chi connectivity index (χ0) is 23.8. The highest BCUT2D eigenvalue weighted by Gasteiger charge is 2.42. The van der Waals surface area contributed by atoms with Crippen LogP contribution >= 0.6 is 11.8 Å². The average Bonchev–Trinajstić information content (AvgIpc) is 2.75. The van der Waals surface area contributed by atoms with Crippen LogP contribution in [0.15, 0.2) is 29.2 Å². The lowest BCUT2D eigenvalue weighted by Gasteiger charge is -2.45. The Hall–Kier alpha value is -1.96. The molecule has 4 atom stereocenters. The van der Waals surface area contributed by atoms with Crippen molar-refractivity contribution < 1.29 is 22.8 Å². The van der Waals surface area contributed by atoms with Crippen LogP contribution in [0.2, 0.25) is 0 Å². The molecule has 4 unspecified atom stereocenters. The van der Waals surface area contributed by atoms with Crippen molar-refractivity contribution in [1.29, 1.82) is 0 Å². The van der Waals surface area contributed by atoms with Crippen LogP contribution in [0, 0.1) is 11.8 Å². The summed E-state index contributed by atoms with van der Waals surface area (Å²) in [5.41, 5.74) is -0.158. The molecule has 8 heteroatoms. The van der Waals surface area contributed by atoms with Crippen LogP contribution < -0.4 is 0 Å². The summed E-state index contributed by atoms with van der Waals surface area (Å²) in [6, 6.07) is 4.89. The quantitative estimate of drug-likeness (QED) is 0.541. The Morgan fingerprint density at radius 2 is 1.73 bits per heavy atom. The van der Waals surface area contributed by atoms with Crippen LogP contribution in [0.3, 0.4) is 0 Å². The number of fused-ring (bicyclic) bond motifs is 1. The molecule has 0 radical (unpaired) electrons. The van der Waals surface area contributed by atoms with Gasteiger partial charge in [0.1, 0.15) is 6.54 Å². The van der Waals surface area contributed by atoms with Gasteiger partial charge in [0.05, 0.1) is 10.5 Å². The molecule has 0 bridgehead atoms. The fraction of sp³-hybridized carbons (Fsp3) is 0.600. The van der Waals surface area contributed by atoms with E-state index in [4.69, 9.17) is 0 Å². The normalized spacial score (nSPS) is 29.8. The Morgan fingerprint density at radius 1 is 1.09 bits per heavy atom. The molecule has 1 aromatic rings. The van der Waals surface area contributed by atoms with Crippen LogP contribution in [-0.2, 0) is 15.8 Å². The topological polar surface area (TPSA) is 40.6 Å². The SMILES string of the molecule is CC1CC(C)CN(C(=O)CN2C(=O)/C(=C\c3ccc(C(F)(F)F)cc3)SC3CCCCC32)C1. The number of thioether (sulfide) groups is 1. The third-order valence-corrected chi connectivity index (χ3v) is 8.28. The van der Waals surface area contributed by atoms with Gasteiger partial charge in [0.2, 0.25) is 5.91 Å². The number of amides is 2. The second kappa shape index (κ2) is 9.72. The number of likely N-dealkylation sites (tertiary alicyclic amines) is 1. The summed E-state index contributed by atoms with van der Waals surface area (Å²) in [5, 5.41) is 0.212. The summed E-state index contributed by atoms with van der Waals surface area (Å²) >= 11 is 1.52. The molecule has 4 nitrogen and oxygen atoms in total. The Balaban J connectivity index is 1.55. The van der Waals surface area contributed by atoms with E-state index in [-0.39, 0.29) is 29.7 Å². The number of halogens is 3. The Kier molecular flexibility index (Phi) is 7.12. The van der Waals surface area contributed by atoms with Gasteiger partial charge < -0.3 is 9.80 Å². The molecule has 1 aliphatic carbocycles. The minimum Gasteiger partial charge on any atom is -0.341 e. The van der Waals surface area contributed by atoms with E-state index in [1.54, 1.807) is 11.0 Å². The summed E-state index contributed by atoms with van der Waals surface area (Å²) < 4.78 is 38.7. The van der Waals surface area contributed by atoms with Crippen LogP contribution in [0.5, 0.6) is 0 Å². The van der Waals surface area contributed by atoms with Gasteiger partial charge in [-0.05, 0) is 54.9 Å². The van der Waals surface area contributed by atoms with Crippen molar-refractivity contribution in [2.24, 2.45) is 11.8 Å². The Bertz CT molecular complexity index is 905. The van der Waals surface area contributed by atoms with Gasteiger partial charge in [-0.15, -0.1) is 11.8 Å². The maximum atomic E-state index is 13.4. The van der Waals surface area contributed by atoms with Gasteiger partial charge in [0.15, 0.2) is 0 Å². The number of rotatable bonds is 3. The first-order valence-corrected chi connectivity index (χ1v) is 12.6. The van der Waals surface area contributed by atoms with Gasteiger partial charge in [-0.25, -0.2) is 0 Å². The smallest absolute Gasteiger partial charge is 0.341 e. The number of alkyl halides is 3. The average molecular weight is 481 g/mol. The van der Waals surface area contributed by atoms with Crippen molar-refractivity contribution in [3.8, 4) is 0 Å². The number of benzene rings is 1. The van der Waals surface area contributed by atoms with Crippen LogP contribution in [-0.4, -0.2) is 52.5 Å². The largest absolute Gasteiger partial charge is 0.416 e. The number of carbonyl (C=O) groups is 2. The molecule has 1 aromatic carbocycles. The van der Waals surface area contributed by atoms with E-state index in [9.17, 15) is 22.8 Å². The zero-order valence-corrected chi connectivity index (χ0v) is 19.9. The van der Waals surface area contributed by atoms with E-state index in [0.29, 0.717) is 22.3 Å². The summed E-state index contributed by atoms with van der Waals surface area (Å²) in [7, 11) is 0. The van der Waals surface area contributed by atoms with Crippen molar-refractivity contribution >= 4 is 29.7 Å². The van der Waals surface area contributed by atoms with Crippen molar-refractivity contribution in [1.82, 2.24) is 9.80 Å². The molecule has 0 spiro atoms. The number of piperidine rings is 1. The van der Waals surface area contributed by atoms with E-state index < -0.39 is 11.7 Å². The maximum absolute atomic E-state index is 13.4. The minimum absolute atomic E-state index is 0.00754. The minimum atomic E-state index is -4.39. The standard InChI is InChI=1S/C25H31F3N2O2S/c1-16-11-17(2)14-29(13-16)23(31)15-30-20-5-3-4-6-21(20)33-22(24(30)32)12-18-7-9-19(10-8-18)25(26,27)28/h7-10,12,16-17,20-21H,3-6,11,13-15H2,1-2H3/b22-12+. The molecular weight excluding hydrogens is 449 g/mol. The van der Waals surface area contributed by atoms with Gasteiger partial charge in [-0.3, -0.25) is 9.59 Å². The van der Waals surface area contributed by atoms with E-state index in [2.05, 4.69) is 13.8 Å². The lowest BCUT2D eigenvalue weighted by atomic mass is 9.91. The lowest BCUT2D eigenvalue weighted by Crippen LogP contribution is -2.55. The lowest BCUT2D eigenvalue weighted by molar-refractivity contribution is -0.142. The molecule has 2 saturated heterocycles. The highest BCUT2D eigenvalue weighted by molar-refractivity contribution is 8.04. The van der Waals surface area contributed by atoms with Crippen molar-refractivity contribution in [3.05, 3.63) is 40.3 Å². The first-order valence-electron chi connectivity index (χ1n) is 11.8. The van der Waals surface area contributed by atoms with Crippen LogP contribution in [0.25, 0.3) is 6.08 Å². The highest BCUT2D eigenvalue weighted by atomic mass is 32.2. The molecule has 3 fully saturated rings. The third kappa shape index (κ3) is 5.58. The molecule has 2 heterocycles. The maximum Gasteiger partial charge on any atom is 0.416 e. The van der Waals surface area contributed by atoms with Gasteiger partial charge in [-0.1, -0.05) is 38.8 Å². The van der Waals surface area contributed by atoms with Crippen LogP contribution in [0.4, 0.5) is 13.2 Å². The predicted octanol–water partition coefficient (Wildman–Crippen LogP) is 5.44. The number of hydrogen-bond donors (Lipinski definition) is 0. The molecule has 1 saturated carbocycles. The molecule has 0 N–H and O–H groups in total. The van der Waals surface area contributed by atoms with E-state index >= 15 is 0 Å². The molecule has 2 amide bonds. The molecule has 0 aromatic heterocycles. The second-order valence-electron chi connectivity index (χ2n) is 9.81. The number of hydrogen-bond acceptors (Lipinski definition) is 3.